The Labute approximate surface area is 154 Å². The number of fused-ring (bicyclic) bond motifs is 1. The number of anilines is 1. The van der Waals surface area contributed by atoms with Crippen molar-refractivity contribution >= 4 is 22.4 Å². The minimum Gasteiger partial charge on any atom is -0.399 e. The van der Waals surface area contributed by atoms with Gasteiger partial charge >= 0.3 is 0 Å². The molecule has 26 heavy (non-hydrogen) atoms. The maximum atomic E-state index is 13.0. The summed E-state index contributed by atoms with van der Waals surface area (Å²) in [6.07, 6.45) is 0. The minimum absolute atomic E-state index is 0.165. The number of hydrogen-bond acceptors (Lipinski definition) is 3. The van der Waals surface area contributed by atoms with Crippen LogP contribution in [-0.2, 0) is 16.9 Å². The number of benzene rings is 3. The summed E-state index contributed by atoms with van der Waals surface area (Å²) >= 11 is 0. The summed E-state index contributed by atoms with van der Waals surface area (Å²) in [7, 11) is 1.61. The second-order valence-electron chi connectivity index (χ2n) is 6.96. The van der Waals surface area contributed by atoms with Crippen LogP contribution in [0.2, 0.25) is 0 Å². The number of carbonyl (C=O) groups is 1. The van der Waals surface area contributed by atoms with Gasteiger partial charge in [0.1, 0.15) is 0 Å². The monoisotopic (exact) mass is 348 g/mol. The first-order chi connectivity index (χ1) is 12.4. The molecule has 0 unspecified atom stereocenters. The third-order valence-electron chi connectivity index (χ3n) is 4.57. The molecule has 3 rings (SSSR count). The molecule has 3 N–H and O–H groups in total. The number of hydrogen-bond donors (Lipinski definition) is 2. The van der Waals surface area contributed by atoms with Crippen LogP contribution in [0.3, 0.4) is 0 Å². The normalized spacial score (nSPS) is 11.5. The Bertz CT molecular complexity index is 943. The van der Waals surface area contributed by atoms with E-state index in [2.05, 4.69) is 29.6 Å². The van der Waals surface area contributed by atoms with Gasteiger partial charge in [0, 0.05) is 18.4 Å². The van der Waals surface area contributed by atoms with Gasteiger partial charge in [-0.25, -0.2) is 0 Å². The van der Waals surface area contributed by atoms with E-state index in [-0.39, 0.29) is 5.91 Å². The SMILES string of the molecule is COCc1ccc(N)cc1C(=O)NC(C)(C)c1cccc2ccccc12. The van der Waals surface area contributed by atoms with Gasteiger partial charge in [-0.2, -0.15) is 0 Å². The average molecular weight is 348 g/mol. The number of ether oxygens (including phenoxy) is 1. The molecule has 0 bridgehead atoms. The second-order valence-corrected chi connectivity index (χ2v) is 6.96. The van der Waals surface area contributed by atoms with Crippen molar-refractivity contribution < 1.29 is 9.53 Å². The predicted octanol–water partition coefficient (Wildman–Crippen LogP) is 4.23. The van der Waals surface area contributed by atoms with Gasteiger partial charge in [0.25, 0.3) is 5.91 Å². The Kier molecular flexibility index (Phi) is 4.96. The van der Waals surface area contributed by atoms with Crippen molar-refractivity contribution in [3.8, 4) is 0 Å². The molecule has 0 saturated carbocycles. The summed E-state index contributed by atoms with van der Waals surface area (Å²) in [6, 6.07) is 19.6. The van der Waals surface area contributed by atoms with E-state index in [1.165, 1.54) is 0 Å². The zero-order valence-electron chi connectivity index (χ0n) is 15.4. The van der Waals surface area contributed by atoms with Gasteiger partial charge < -0.3 is 15.8 Å². The molecule has 0 fully saturated rings. The maximum absolute atomic E-state index is 13.0. The molecular formula is C22H24N2O2. The van der Waals surface area contributed by atoms with Gasteiger partial charge in [-0.1, -0.05) is 48.5 Å². The Morgan fingerprint density at radius 1 is 1.08 bits per heavy atom. The van der Waals surface area contributed by atoms with Crippen LogP contribution in [0.1, 0.15) is 35.3 Å². The summed E-state index contributed by atoms with van der Waals surface area (Å²) in [6.45, 7) is 4.38. The molecule has 0 radical (unpaired) electrons. The summed E-state index contributed by atoms with van der Waals surface area (Å²) in [5.74, 6) is -0.165. The predicted molar refractivity (Wildman–Crippen MR) is 106 cm³/mol. The average Bonchev–Trinajstić information content (AvgIpc) is 2.62. The van der Waals surface area contributed by atoms with Gasteiger partial charge in [-0.3, -0.25) is 4.79 Å². The van der Waals surface area contributed by atoms with Crippen LogP contribution in [0, 0.1) is 0 Å². The molecule has 4 nitrogen and oxygen atoms in total. The van der Waals surface area contributed by atoms with E-state index in [1.807, 2.05) is 38.1 Å². The van der Waals surface area contributed by atoms with Crippen molar-refractivity contribution in [1.82, 2.24) is 5.32 Å². The number of rotatable bonds is 5. The molecule has 0 atom stereocenters. The summed E-state index contributed by atoms with van der Waals surface area (Å²) in [5.41, 5.74) is 8.32. The largest absolute Gasteiger partial charge is 0.399 e. The first-order valence-corrected chi connectivity index (χ1v) is 8.60. The fourth-order valence-electron chi connectivity index (χ4n) is 3.28. The van der Waals surface area contributed by atoms with E-state index in [9.17, 15) is 4.79 Å². The summed E-state index contributed by atoms with van der Waals surface area (Å²) in [4.78, 5) is 13.0. The summed E-state index contributed by atoms with van der Waals surface area (Å²) in [5, 5.41) is 5.44. The van der Waals surface area contributed by atoms with Crippen molar-refractivity contribution in [1.29, 1.82) is 0 Å². The van der Waals surface area contributed by atoms with Gasteiger partial charge in [-0.15, -0.1) is 0 Å². The van der Waals surface area contributed by atoms with E-state index in [0.717, 1.165) is 21.9 Å². The Balaban J connectivity index is 1.97. The van der Waals surface area contributed by atoms with E-state index in [4.69, 9.17) is 10.5 Å². The first kappa shape index (κ1) is 18.0. The van der Waals surface area contributed by atoms with Crippen LogP contribution < -0.4 is 11.1 Å². The fourth-order valence-corrected chi connectivity index (χ4v) is 3.28. The van der Waals surface area contributed by atoms with Crippen molar-refractivity contribution in [3.63, 3.8) is 0 Å². The third kappa shape index (κ3) is 3.55. The van der Waals surface area contributed by atoms with E-state index < -0.39 is 5.54 Å². The lowest BCUT2D eigenvalue weighted by Crippen LogP contribution is -2.41. The van der Waals surface area contributed by atoms with Crippen molar-refractivity contribution in [3.05, 3.63) is 77.4 Å². The maximum Gasteiger partial charge on any atom is 0.252 e. The smallest absolute Gasteiger partial charge is 0.252 e. The molecule has 0 aliphatic heterocycles. The van der Waals surface area contributed by atoms with Crippen LogP contribution in [0.25, 0.3) is 10.8 Å². The van der Waals surface area contributed by atoms with Crippen LogP contribution in [-0.4, -0.2) is 13.0 Å². The van der Waals surface area contributed by atoms with E-state index in [0.29, 0.717) is 17.9 Å². The first-order valence-electron chi connectivity index (χ1n) is 8.60. The number of nitrogens with two attached hydrogens (primary N) is 1. The molecule has 0 aliphatic rings. The molecule has 134 valence electrons. The highest BCUT2D eigenvalue weighted by atomic mass is 16.5. The number of methoxy groups -OCH3 is 1. The standard InChI is InChI=1S/C22H24N2O2/c1-22(2,20-10-6-8-15-7-4-5-9-18(15)20)24-21(25)19-13-17(23)12-11-16(19)14-26-3/h4-13H,14,23H2,1-3H3,(H,24,25). The van der Waals surface area contributed by atoms with Crippen LogP contribution in [0.4, 0.5) is 5.69 Å². The molecule has 0 aliphatic carbocycles. The van der Waals surface area contributed by atoms with Gasteiger partial charge in [0.05, 0.1) is 12.1 Å². The molecule has 3 aromatic rings. The second kappa shape index (κ2) is 7.18. The third-order valence-corrected chi connectivity index (χ3v) is 4.57. The molecular weight excluding hydrogens is 324 g/mol. The minimum atomic E-state index is -0.549. The van der Waals surface area contributed by atoms with Gasteiger partial charge in [0.2, 0.25) is 0 Å². The summed E-state index contributed by atoms with van der Waals surface area (Å²) < 4.78 is 5.21. The number of amides is 1. The Hall–Kier alpha value is -2.85. The Morgan fingerprint density at radius 2 is 1.81 bits per heavy atom. The lowest BCUT2D eigenvalue weighted by molar-refractivity contribution is 0.0907. The molecule has 0 saturated heterocycles. The number of nitrogen functional groups attached to an aromatic ring is 1. The van der Waals surface area contributed by atoms with E-state index >= 15 is 0 Å². The molecule has 0 spiro atoms. The highest BCUT2D eigenvalue weighted by molar-refractivity contribution is 5.97. The Morgan fingerprint density at radius 3 is 2.58 bits per heavy atom. The van der Waals surface area contributed by atoms with Gasteiger partial charge in [-0.05, 0) is 47.9 Å². The quantitative estimate of drug-likeness (QED) is 0.678. The van der Waals surface area contributed by atoms with Gasteiger partial charge in [0.15, 0.2) is 0 Å². The lowest BCUT2D eigenvalue weighted by Gasteiger charge is -2.29. The fraction of sp³-hybridized carbons (Fsp3) is 0.227. The highest BCUT2D eigenvalue weighted by Gasteiger charge is 2.26. The highest BCUT2D eigenvalue weighted by Crippen LogP contribution is 2.29. The van der Waals surface area contributed by atoms with Crippen LogP contribution in [0.15, 0.2) is 60.7 Å². The number of nitrogens with one attached hydrogen (secondary N) is 1. The molecule has 3 aromatic carbocycles. The topological polar surface area (TPSA) is 64.3 Å². The number of carbonyl (C=O) groups excluding carboxylic acids is 1. The van der Waals surface area contributed by atoms with E-state index in [1.54, 1.807) is 19.2 Å². The van der Waals surface area contributed by atoms with Crippen molar-refractivity contribution in [2.75, 3.05) is 12.8 Å². The molecule has 1 amide bonds. The molecule has 0 heterocycles. The molecule has 4 heteroatoms. The van der Waals surface area contributed by atoms with Crippen LogP contribution in [0.5, 0.6) is 0 Å². The van der Waals surface area contributed by atoms with Crippen LogP contribution >= 0.6 is 0 Å². The zero-order chi connectivity index (χ0) is 18.7. The zero-order valence-corrected chi connectivity index (χ0v) is 15.4. The molecule has 0 aromatic heterocycles. The van der Waals surface area contributed by atoms with Crippen molar-refractivity contribution in [2.45, 2.75) is 26.0 Å². The van der Waals surface area contributed by atoms with Crippen molar-refractivity contribution in [2.24, 2.45) is 0 Å². The lowest BCUT2D eigenvalue weighted by atomic mass is 9.89.